The Labute approximate surface area is 87.9 Å². The van der Waals surface area contributed by atoms with Gasteiger partial charge in [0.25, 0.3) is 6.02 Å². The van der Waals surface area contributed by atoms with Crippen molar-refractivity contribution in [2.24, 2.45) is 0 Å². The highest BCUT2D eigenvalue weighted by Gasteiger charge is 2.17. The first-order valence-electron chi connectivity index (χ1n) is 5.50. The fourth-order valence-corrected chi connectivity index (χ4v) is 1.45. The molecule has 0 radical (unpaired) electrons. The minimum absolute atomic E-state index is 0.309. The van der Waals surface area contributed by atoms with Crippen molar-refractivity contribution < 1.29 is 4.74 Å². The van der Waals surface area contributed by atoms with Crippen LogP contribution in [0, 0.1) is 5.41 Å². The molecular formula is C11H24N2O. The van der Waals surface area contributed by atoms with E-state index in [9.17, 15) is 0 Å². The van der Waals surface area contributed by atoms with Crippen LogP contribution in [0.4, 0.5) is 0 Å². The van der Waals surface area contributed by atoms with Crippen molar-refractivity contribution in [1.29, 1.82) is 5.41 Å². The Balaban J connectivity index is 4.03. The molecule has 0 aliphatic heterocycles. The summed E-state index contributed by atoms with van der Waals surface area (Å²) in [6.07, 6.45) is 2.13. The van der Waals surface area contributed by atoms with Gasteiger partial charge in [-0.1, -0.05) is 13.3 Å². The summed E-state index contributed by atoms with van der Waals surface area (Å²) in [4.78, 5) is 1.98. The summed E-state index contributed by atoms with van der Waals surface area (Å²) < 4.78 is 5.38. The van der Waals surface area contributed by atoms with E-state index in [1.807, 2.05) is 4.90 Å². The van der Waals surface area contributed by atoms with Gasteiger partial charge in [0.05, 0.1) is 6.61 Å². The molecule has 84 valence electrons. The van der Waals surface area contributed by atoms with Gasteiger partial charge in [0.1, 0.15) is 0 Å². The molecule has 0 saturated carbocycles. The SMILES string of the molecule is CCCCOC(=N)N(C(C)C)C(C)C. The Kier molecular flexibility index (Phi) is 6.34. The maximum absolute atomic E-state index is 7.79. The molecule has 0 unspecified atom stereocenters. The first-order valence-corrected chi connectivity index (χ1v) is 5.50. The molecule has 0 bridgehead atoms. The molecule has 14 heavy (non-hydrogen) atoms. The molecule has 0 aliphatic rings. The van der Waals surface area contributed by atoms with Gasteiger partial charge in [0.15, 0.2) is 0 Å². The molecule has 1 N–H and O–H groups in total. The molecule has 0 aliphatic carbocycles. The average Bonchev–Trinajstić information content (AvgIpc) is 2.03. The fraction of sp³-hybridized carbons (Fsp3) is 0.909. The van der Waals surface area contributed by atoms with E-state index in [2.05, 4.69) is 34.6 Å². The lowest BCUT2D eigenvalue weighted by Gasteiger charge is -2.31. The normalized spacial score (nSPS) is 10.8. The van der Waals surface area contributed by atoms with Gasteiger partial charge < -0.3 is 9.64 Å². The van der Waals surface area contributed by atoms with Gasteiger partial charge in [-0.2, -0.15) is 0 Å². The zero-order valence-corrected chi connectivity index (χ0v) is 10.1. The Morgan fingerprint density at radius 3 is 2.07 bits per heavy atom. The van der Waals surface area contributed by atoms with Gasteiger partial charge >= 0.3 is 0 Å². The number of amidine groups is 1. The fourth-order valence-electron chi connectivity index (χ4n) is 1.45. The van der Waals surface area contributed by atoms with Gasteiger partial charge in [-0.3, -0.25) is 5.41 Å². The summed E-state index contributed by atoms with van der Waals surface area (Å²) in [5, 5.41) is 7.79. The van der Waals surface area contributed by atoms with Crippen molar-refractivity contribution >= 4 is 6.02 Å². The van der Waals surface area contributed by atoms with Gasteiger partial charge in [-0.15, -0.1) is 0 Å². The summed E-state index contributed by atoms with van der Waals surface area (Å²) in [5.74, 6) is 0. The second kappa shape index (κ2) is 6.68. The van der Waals surface area contributed by atoms with Gasteiger partial charge in [0, 0.05) is 12.1 Å². The molecule has 0 aromatic heterocycles. The lowest BCUT2D eigenvalue weighted by Crippen LogP contribution is -2.42. The smallest absolute Gasteiger partial charge is 0.284 e. The first kappa shape index (κ1) is 13.3. The minimum Gasteiger partial charge on any atom is -0.465 e. The summed E-state index contributed by atoms with van der Waals surface area (Å²) in [6.45, 7) is 11.1. The molecule has 0 amide bonds. The van der Waals surface area contributed by atoms with Gasteiger partial charge in [0.2, 0.25) is 0 Å². The molecule has 0 heterocycles. The third-order valence-corrected chi connectivity index (χ3v) is 2.08. The average molecular weight is 200 g/mol. The molecule has 0 fully saturated rings. The summed E-state index contributed by atoms with van der Waals surface area (Å²) >= 11 is 0. The van der Waals surface area contributed by atoms with Crippen LogP contribution < -0.4 is 0 Å². The Bertz CT molecular complexity index is 159. The van der Waals surface area contributed by atoms with Crippen molar-refractivity contribution in [3.8, 4) is 0 Å². The van der Waals surface area contributed by atoms with Crippen LogP contribution in [0.5, 0.6) is 0 Å². The van der Waals surface area contributed by atoms with E-state index in [1.165, 1.54) is 0 Å². The second-order valence-electron chi connectivity index (χ2n) is 4.10. The van der Waals surface area contributed by atoms with Gasteiger partial charge in [-0.05, 0) is 34.1 Å². The standard InChI is InChI=1S/C11H24N2O/c1-6-7-8-14-11(12)13(9(2)3)10(4)5/h9-10,12H,6-8H2,1-5H3. The third kappa shape index (κ3) is 4.49. The highest BCUT2D eigenvalue weighted by Crippen LogP contribution is 2.06. The molecule has 3 nitrogen and oxygen atoms in total. The quantitative estimate of drug-likeness (QED) is 0.421. The van der Waals surface area contributed by atoms with E-state index in [1.54, 1.807) is 0 Å². The zero-order valence-electron chi connectivity index (χ0n) is 10.1. The number of hydrogen-bond acceptors (Lipinski definition) is 2. The summed E-state index contributed by atoms with van der Waals surface area (Å²) in [5.41, 5.74) is 0. The van der Waals surface area contributed by atoms with E-state index >= 15 is 0 Å². The predicted octanol–water partition coefficient (Wildman–Crippen LogP) is 2.86. The van der Waals surface area contributed by atoms with Crippen molar-refractivity contribution in [1.82, 2.24) is 4.90 Å². The van der Waals surface area contributed by atoms with E-state index < -0.39 is 0 Å². The van der Waals surface area contributed by atoms with Crippen LogP contribution in [0.1, 0.15) is 47.5 Å². The zero-order chi connectivity index (χ0) is 11.1. The van der Waals surface area contributed by atoms with Crippen molar-refractivity contribution in [2.45, 2.75) is 59.5 Å². The highest BCUT2D eigenvalue weighted by atomic mass is 16.5. The summed E-state index contributed by atoms with van der Waals surface area (Å²) in [7, 11) is 0. The Hall–Kier alpha value is -0.730. The topological polar surface area (TPSA) is 36.3 Å². The molecular weight excluding hydrogens is 176 g/mol. The summed E-state index contributed by atoms with van der Waals surface area (Å²) in [6, 6.07) is 0.955. The van der Waals surface area contributed by atoms with Crippen molar-refractivity contribution in [3.63, 3.8) is 0 Å². The lowest BCUT2D eigenvalue weighted by atomic mass is 10.2. The van der Waals surface area contributed by atoms with E-state index in [0.717, 1.165) is 12.8 Å². The van der Waals surface area contributed by atoms with Crippen LogP contribution in [-0.4, -0.2) is 29.6 Å². The Morgan fingerprint density at radius 2 is 1.71 bits per heavy atom. The van der Waals surface area contributed by atoms with Crippen LogP contribution in [0.15, 0.2) is 0 Å². The molecule has 0 spiro atoms. The molecule has 0 atom stereocenters. The number of nitrogens with zero attached hydrogens (tertiary/aromatic N) is 1. The number of unbranched alkanes of at least 4 members (excludes halogenated alkanes) is 1. The molecule has 0 aromatic rings. The van der Waals surface area contributed by atoms with E-state index in [-0.39, 0.29) is 0 Å². The number of hydrogen-bond donors (Lipinski definition) is 1. The number of ether oxygens (including phenoxy) is 1. The van der Waals surface area contributed by atoms with Crippen LogP contribution in [0.3, 0.4) is 0 Å². The largest absolute Gasteiger partial charge is 0.465 e. The van der Waals surface area contributed by atoms with Crippen molar-refractivity contribution in [3.05, 3.63) is 0 Å². The first-order chi connectivity index (χ1) is 6.50. The third-order valence-electron chi connectivity index (χ3n) is 2.08. The lowest BCUT2D eigenvalue weighted by molar-refractivity contribution is 0.179. The highest BCUT2D eigenvalue weighted by molar-refractivity contribution is 5.70. The van der Waals surface area contributed by atoms with Gasteiger partial charge in [-0.25, -0.2) is 0 Å². The maximum Gasteiger partial charge on any atom is 0.284 e. The predicted molar refractivity (Wildman–Crippen MR) is 60.7 cm³/mol. The monoisotopic (exact) mass is 200 g/mol. The van der Waals surface area contributed by atoms with Crippen LogP contribution in [0.25, 0.3) is 0 Å². The minimum atomic E-state index is 0.309. The number of nitrogens with one attached hydrogen (secondary N) is 1. The maximum atomic E-state index is 7.79. The van der Waals surface area contributed by atoms with Crippen LogP contribution >= 0.6 is 0 Å². The Morgan fingerprint density at radius 1 is 1.21 bits per heavy atom. The van der Waals surface area contributed by atoms with Crippen LogP contribution in [0.2, 0.25) is 0 Å². The van der Waals surface area contributed by atoms with E-state index in [0.29, 0.717) is 24.7 Å². The van der Waals surface area contributed by atoms with Crippen molar-refractivity contribution in [2.75, 3.05) is 6.61 Å². The second-order valence-corrected chi connectivity index (χ2v) is 4.10. The molecule has 0 saturated heterocycles. The molecule has 0 rings (SSSR count). The molecule has 3 heteroatoms. The number of rotatable bonds is 5. The van der Waals surface area contributed by atoms with E-state index in [4.69, 9.17) is 10.1 Å². The van der Waals surface area contributed by atoms with Crippen LogP contribution in [-0.2, 0) is 4.74 Å². The molecule has 0 aromatic carbocycles.